The summed E-state index contributed by atoms with van der Waals surface area (Å²) in [7, 11) is 0. The minimum absolute atomic E-state index is 0.00597. The first-order valence-electron chi connectivity index (χ1n) is 15.8. The molecular formula is C39H35F3N4O2. The fourth-order valence-corrected chi connectivity index (χ4v) is 5.84. The van der Waals surface area contributed by atoms with Crippen molar-refractivity contribution in [3.63, 3.8) is 0 Å². The number of piperazine rings is 1. The van der Waals surface area contributed by atoms with Gasteiger partial charge >= 0.3 is 6.18 Å². The molecule has 1 aliphatic heterocycles. The maximum absolute atomic E-state index is 13.2. The number of rotatable bonds is 9. The normalized spacial score (nSPS) is 13.6. The standard InChI is InChI=1S/C39H35F3N4O2/c40-39(41,42)32-15-13-30(14-16-32)35-11-4-5-12-36(35)38(48)44-33-17-19-34(20-18-33)46-23-21-45(22-24-46)27-37(47)43-26-28-7-6-10-31(25-28)29-8-2-1-3-9-29/h1-20,25H,21-24,26-27H2,(H,43,47)(H,44,48). The Balaban J connectivity index is 0.983. The van der Waals surface area contributed by atoms with Gasteiger partial charge in [-0.05, 0) is 76.3 Å². The predicted molar refractivity (Wildman–Crippen MR) is 184 cm³/mol. The van der Waals surface area contributed by atoms with E-state index >= 15 is 0 Å². The summed E-state index contributed by atoms with van der Waals surface area (Å²) < 4.78 is 39.1. The van der Waals surface area contributed by atoms with Crippen LogP contribution in [0, 0.1) is 0 Å². The van der Waals surface area contributed by atoms with E-state index in [1.807, 2.05) is 54.6 Å². The van der Waals surface area contributed by atoms with E-state index < -0.39 is 11.7 Å². The lowest BCUT2D eigenvalue weighted by Crippen LogP contribution is -2.49. The third-order valence-electron chi connectivity index (χ3n) is 8.45. The Kier molecular flexibility index (Phi) is 9.87. The molecule has 0 unspecified atom stereocenters. The van der Waals surface area contributed by atoms with E-state index in [1.165, 1.54) is 12.1 Å². The highest BCUT2D eigenvalue weighted by Crippen LogP contribution is 2.32. The maximum atomic E-state index is 13.2. The number of carbonyl (C=O) groups excluding carboxylic acids is 2. The van der Waals surface area contributed by atoms with Crippen molar-refractivity contribution in [2.45, 2.75) is 12.7 Å². The molecule has 0 saturated carbocycles. The number of amides is 2. The lowest BCUT2D eigenvalue weighted by atomic mass is 9.98. The fraction of sp³-hybridized carbons (Fsp3) is 0.179. The molecule has 1 fully saturated rings. The molecule has 0 atom stereocenters. The number of benzene rings is 5. The van der Waals surface area contributed by atoms with Crippen LogP contribution in [0.2, 0.25) is 0 Å². The monoisotopic (exact) mass is 648 g/mol. The van der Waals surface area contributed by atoms with Gasteiger partial charge in [0.1, 0.15) is 0 Å². The molecular weight excluding hydrogens is 613 g/mol. The highest BCUT2D eigenvalue weighted by Gasteiger charge is 2.30. The molecule has 0 radical (unpaired) electrons. The second-order valence-corrected chi connectivity index (χ2v) is 11.7. The van der Waals surface area contributed by atoms with E-state index in [0.717, 1.165) is 60.7 Å². The number of hydrogen-bond donors (Lipinski definition) is 2. The number of hydrogen-bond acceptors (Lipinski definition) is 4. The zero-order valence-electron chi connectivity index (χ0n) is 26.2. The molecule has 2 N–H and O–H groups in total. The number of nitrogens with one attached hydrogen (secondary N) is 2. The predicted octanol–water partition coefficient (Wildman–Crippen LogP) is 7.73. The lowest BCUT2D eigenvalue weighted by molar-refractivity contribution is -0.137. The molecule has 1 heterocycles. The zero-order valence-corrected chi connectivity index (χ0v) is 26.2. The molecule has 2 amide bonds. The van der Waals surface area contributed by atoms with Gasteiger partial charge in [0.15, 0.2) is 0 Å². The minimum Gasteiger partial charge on any atom is -0.369 e. The molecule has 0 aliphatic carbocycles. The van der Waals surface area contributed by atoms with Gasteiger partial charge in [0.25, 0.3) is 5.91 Å². The first-order valence-corrected chi connectivity index (χ1v) is 15.8. The molecule has 1 aliphatic rings. The van der Waals surface area contributed by atoms with Crippen molar-refractivity contribution in [2.24, 2.45) is 0 Å². The van der Waals surface area contributed by atoms with Crippen molar-refractivity contribution in [1.29, 1.82) is 0 Å². The Morgan fingerprint density at radius 2 is 1.33 bits per heavy atom. The molecule has 244 valence electrons. The quantitative estimate of drug-likeness (QED) is 0.172. The third kappa shape index (κ3) is 8.11. The summed E-state index contributed by atoms with van der Waals surface area (Å²) >= 11 is 0. The molecule has 0 bridgehead atoms. The SMILES string of the molecule is O=C(CN1CCN(c2ccc(NC(=O)c3ccccc3-c3ccc(C(F)(F)F)cc3)cc2)CC1)NCc1cccc(-c2ccccc2)c1. The van der Waals surface area contributed by atoms with E-state index in [2.05, 4.69) is 44.7 Å². The smallest absolute Gasteiger partial charge is 0.369 e. The lowest BCUT2D eigenvalue weighted by Gasteiger charge is -2.35. The van der Waals surface area contributed by atoms with Gasteiger partial charge in [0, 0.05) is 49.7 Å². The van der Waals surface area contributed by atoms with Crippen LogP contribution < -0.4 is 15.5 Å². The van der Waals surface area contributed by atoms with Gasteiger partial charge in [-0.15, -0.1) is 0 Å². The Bertz CT molecular complexity index is 1850. The number of alkyl halides is 3. The van der Waals surface area contributed by atoms with Gasteiger partial charge in [0.05, 0.1) is 12.1 Å². The fourth-order valence-electron chi connectivity index (χ4n) is 5.84. The Morgan fingerprint density at radius 1 is 0.667 bits per heavy atom. The highest BCUT2D eigenvalue weighted by atomic mass is 19.4. The van der Waals surface area contributed by atoms with Gasteiger partial charge < -0.3 is 15.5 Å². The van der Waals surface area contributed by atoms with E-state index in [9.17, 15) is 22.8 Å². The largest absolute Gasteiger partial charge is 0.416 e. The second kappa shape index (κ2) is 14.6. The Labute approximate surface area is 277 Å². The van der Waals surface area contributed by atoms with Crippen LogP contribution >= 0.6 is 0 Å². The van der Waals surface area contributed by atoms with Gasteiger partial charge in [-0.25, -0.2) is 0 Å². The maximum Gasteiger partial charge on any atom is 0.416 e. The Morgan fingerprint density at radius 3 is 2.04 bits per heavy atom. The van der Waals surface area contributed by atoms with Crippen LogP contribution in [0.5, 0.6) is 0 Å². The van der Waals surface area contributed by atoms with Crippen molar-refractivity contribution >= 4 is 23.2 Å². The summed E-state index contributed by atoms with van der Waals surface area (Å²) in [5.41, 5.74) is 5.63. The molecule has 5 aromatic carbocycles. The zero-order chi connectivity index (χ0) is 33.5. The van der Waals surface area contributed by atoms with Crippen LogP contribution in [0.3, 0.4) is 0 Å². The first-order chi connectivity index (χ1) is 23.2. The molecule has 5 aromatic rings. The summed E-state index contributed by atoms with van der Waals surface area (Å²) in [6, 6.07) is 37.6. The molecule has 0 aromatic heterocycles. The average Bonchev–Trinajstić information content (AvgIpc) is 3.12. The topological polar surface area (TPSA) is 64.7 Å². The highest BCUT2D eigenvalue weighted by molar-refractivity contribution is 6.08. The van der Waals surface area contributed by atoms with Crippen molar-refractivity contribution in [3.05, 3.63) is 144 Å². The van der Waals surface area contributed by atoms with Crippen LogP contribution in [0.15, 0.2) is 127 Å². The van der Waals surface area contributed by atoms with E-state index in [0.29, 0.717) is 35.5 Å². The molecule has 48 heavy (non-hydrogen) atoms. The van der Waals surface area contributed by atoms with Crippen LogP contribution in [0.25, 0.3) is 22.3 Å². The van der Waals surface area contributed by atoms with Crippen LogP contribution in [0.4, 0.5) is 24.5 Å². The number of nitrogens with zero attached hydrogens (tertiary/aromatic N) is 2. The van der Waals surface area contributed by atoms with Crippen LogP contribution in [-0.2, 0) is 17.5 Å². The molecule has 9 heteroatoms. The Hall–Kier alpha value is -5.41. The van der Waals surface area contributed by atoms with Crippen molar-refractivity contribution < 1.29 is 22.8 Å². The van der Waals surface area contributed by atoms with Gasteiger partial charge in [0.2, 0.25) is 5.91 Å². The first kappa shape index (κ1) is 32.5. The summed E-state index contributed by atoms with van der Waals surface area (Å²) in [6.45, 7) is 3.83. The van der Waals surface area contributed by atoms with Crippen molar-refractivity contribution in [2.75, 3.05) is 42.9 Å². The molecule has 1 saturated heterocycles. The van der Waals surface area contributed by atoms with Crippen LogP contribution in [-0.4, -0.2) is 49.4 Å². The number of anilines is 2. The van der Waals surface area contributed by atoms with Crippen LogP contribution in [0.1, 0.15) is 21.5 Å². The molecule has 6 rings (SSSR count). The van der Waals surface area contributed by atoms with Crippen molar-refractivity contribution in [1.82, 2.24) is 10.2 Å². The van der Waals surface area contributed by atoms with E-state index in [-0.39, 0.29) is 11.8 Å². The average molecular weight is 649 g/mol. The molecule has 6 nitrogen and oxygen atoms in total. The third-order valence-corrected chi connectivity index (χ3v) is 8.45. The van der Waals surface area contributed by atoms with Crippen molar-refractivity contribution in [3.8, 4) is 22.3 Å². The number of carbonyl (C=O) groups is 2. The summed E-state index contributed by atoms with van der Waals surface area (Å²) in [5, 5.41) is 5.96. The summed E-state index contributed by atoms with van der Waals surface area (Å²) in [4.78, 5) is 30.3. The minimum atomic E-state index is -4.43. The second-order valence-electron chi connectivity index (χ2n) is 11.7. The summed E-state index contributed by atoms with van der Waals surface area (Å²) in [6.07, 6.45) is -4.43. The number of halogens is 3. The molecule has 0 spiro atoms. The van der Waals surface area contributed by atoms with Gasteiger partial charge in [-0.3, -0.25) is 14.5 Å². The summed E-state index contributed by atoms with van der Waals surface area (Å²) in [5.74, 6) is -0.359. The van der Waals surface area contributed by atoms with Gasteiger partial charge in [-0.1, -0.05) is 78.9 Å². The van der Waals surface area contributed by atoms with Gasteiger partial charge in [-0.2, -0.15) is 13.2 Å². The van der Waals surface area contributed by atoms with E-state index in [1.54, 1.807) is 24.3 Å². The van der Waals surface area contributed by atoms with E-state index in [4.69, 9.17) is 0 Å².